The smallest absolute Gasteiger partial charge is 0.170 e. The van der Waals surface area contributed by atoms with Gasteiger partial charge in [0, 0.05) is 44.9 Å². The highest BCUT2D eigenvalue weighted by Crippen LogP contribution is 2.87. The lowest BCUT2D eigenvalue weighted by molar-refractivity contribution is -0.250. The fraction of sp³-hybridized carbons (Fsp3) is 1.00. The van der Waals surface area contributed by atoms with Gasteiger partial charge in [-0.1, -0.05) is 20.8 Å². The molecule has 3 heterocycles. The molecule has 8 aliphatic rings. The molecule has 1 N–H and O–H groups in total. The van der Waals surface area contributed by atoms with E-state index < -0.39 is 5.60 Å². The van der Waals surface area contributed by atoms with Crippen LogP contribution in [0.2, 0.25) is 0 Å². The number of fused-ring (bicyclic) bond motifs is 4. The number of morpholine rings is 1. The zero-order valence-corrected chi connectivity index (χ0v) is 31.1. The molecule has 5 saturated carbocycles. The highest BCUT2D eigenvalue weighted by molar-refractivity contribution is 5.29. The Kier molecular flexibility index (Phi) is 8.36. The van der Waals surface area contributed by atoms with Gasteiger partial charge in [-0.05, 0) is 144 Å². The average molecular weight is 657 g/mol. The van der Waals surface area contributed by atoms with Crippen LogP contribution in [0.1, 0.15) is 120 Å². The molecule has 7 heteroatoms. The third-order valence-corrected chi connectivity index (χ3v) is 16.5. The third-order valence-electron chi connectivity index (χ3n) is 16.5. The molecule has 47 heavy (non-hydrogen) atoms. The predicted octanol–water partition coefficient (Wildman–Crippen LogP) is 6.51. The Morgan fingerprint density at radius 1 is 0.915 bits per heavy atom. The van der Waals surface area contributed by atoms with Crippen molar-refractivity contribution < 1.29 is 24.1 Å². The van der Waals surface area contributed by atoms with Crippen molar-refractivity contribution in [2.24, 2.45) is 45.3 Å². The van der Waals surface area contributed by atoms with Crippen LogP contribution >= 0.6 is 0 Å². The van der Waals surface area contributed by atoms with Crippen LogP contribution in [0.5, 0.6) is 0 Å². The minimum atomic E-state index is -0.893. The summed E-state index contributed by atoms with van der Waals surface area (Å²) in [5.41, 5.74) is 0.737. The van der Waals surface area contributed by atoms with E-state index in [2.05, 4.69) is 44.4 Å². The van der Waals surface area contributed by atoms with Crippen LogP contribution in [0, 0.1) is 45.3 Å². The molecule has 7 nitrogen and oxygen atoms in total. The van der Waals surface area contributed by atoms with Crippen LogP contribution in [-0.4, -0.2) is 103 Å². The van der Waals surface area contributed by atoms with Crippen molar-refractivity contribution in [3.8, 4) is 0 Å². The van der Waals surface area contributed by atoms with Crippen molar-refractivity contribution >= 4 is 0 Å². The summed E-state index contributed by atoms with van der Waals surface area (Å²) in [7, 11) is 0. The maximum Gasteiger partial charge on any atom is 0.170 e. The average Bonchev–Trinajstić information content (AvgIpc) is 3.56. The topological polar surface area (TPSA) is 63.6 Å². The van der Waals surface area contributed by atoms with Crippen molar-refractivity contribution in [1.82, 2.24) is 9.80 Å². The molecule has 12 unspecified atom stereocenters. The summed E-state index contributed by atoms with van der Waals surface area (Å²) in [6.45, 7) is 24.0. The van der Waals surface area contributed by atoms with Gasteiger partial charge in [-0.25, -0.2) is 0 Å². The van der Waals surface area contributed by atoms with E-state index in [9.17, 15) is 5.11 Å². The molecule has 3 saturated heterocycles. The Morgan fingerprint density at radius 3 is 2.40 bits per heavy atom. The summed E-state index contributed by atoms with van der Waals surface area (Å²) >= 11 is 0. The molecule has 8 fully saturated rings. The van der Waals surface area contributed by atoms with E-state index in [4.69, 9.17) is 18.9 Å². The molecule has 12 atom stereocenters. The quantitative estimate of drug-likeness (QED) is 0.320. The number of hydrogen-bond donors (Lipinski definition) is 1. The van der Waals surface area contributed by atoms with E-state index in [1.807, 2.05) is 20.8 Å². The SMILES string of the molecule is CCOC(C1CCC2C(CC3C4CCC5C(C)(C)C(OC6CN(C7CN(C(C)C)C7)CCO6)CCC56CC46CCC23C)O1)C(C)(C)O. The van der Waals surface area contributed by atoms with E-state index in [0.29, 0.717) is 47.0 Å². The van der Waals surface area contributed by atoms with E-state index >= 15 is 0 Å². The Labute approximate surface area is 286 Å². The normalized spacial score (nSPS) is 48.9. The largest absolute Gasteiger partial charge is 0.388 e. The fourth-order valence-electron chi connectivity index (χ4n) is 14.0. The lowest BCUT2D eigenvalue weighted by Gasteiger charge is -2.60. The molecule has 0 bridgehead atoms. The summed E-state index contributed by atoms with van der Waals surface area (Å²) in [6, 6.07) is 1.31. The van der Waals surface area contributed by atoms with E-state index in [-0.39, 0.29) is 30.0 Å². The second kappa shape index (κ2) is 11.6. The van der Waals surface area contributed by atoms with Crippen LogP contribution in [0.4, 0.5) is 0 Å². The van der Waals surface area contributed by atoms with E-state index in [1.165, 1.54) is 70.9 Å². The van der Waals surface area contributed by atoms with Crippen LogP contribution in [0.25, 0.3) is 0 Å². The van der Waals surface area contributed by atoms with Gasteiger partial charge in [0.15, 0.2) is 6.29 Å². The molecule has 0 aromatic rings. The molecule has 0 aromatic carbocycles. The molecule has 0 aromatic heterocycles. The Morgan fingerprint density at radius 2 is 1.68 bits per heavy atom. The van der Waals surface area contributed by atoms with Gasteiger partial charge in [-0.2, -0.15) is 0 Å². The summed E-state index contributed by atoms with van der Waals surface area (Å²) < 4.78 is 26.4. The van der Waals surface area contributed by atoms with Crippen molar-refractivity contribution in [2.45, 2.75) is 168 Å². The van der Waals surface area contributed by atoms with E-state index in [0.717, 1.165) is 43.9 Å². The van der Waals surface area contributed by atoms with Gasteiger partial charge in [-0.15, -0.1) is 0 Å². The highest BCUT2D eigenvalue weighted by atomic mass is 16.7. The first-order valence-electron chi connectivity index (χ1n) is 20.0. The van der Waals surface area contributed by atoms with Crippen molar-refractivity contribution in [1.29, 1.82) is 0 Å². The summed E-state index contributed by atoms with van der Waals surface area (Å²) in [5, 5.41) is 11.0. The second-order valence-electron chi connectivity index (χ2n) is 19.5. The van der Waals surface area contributed by atoms with Gasteiger partial charge in [0.05, 0.1) is 30.5 Å². The zero-order valence-electron chi connectivity index (χ0n) is 31.1. The van der Waals surface area contributed by atoms with Gasteiger partial charge in [0.1, 0.15) is 6.10 Å². The maximum atomic E-state index is 11.0. The minimum Gasteiger partial charge on any atom is -0.388 e. The van der Waals surface area contributed by atoms with Gasteiger partial charge >= 0.3 is 0 Å². The lowest BCUT2D eigenvalue weighted by atomic mass is 9.46. The highest BCUT2D eigenvalue weighted by Gasteiger charge is 2.80. The van der Waals surface area contributed by atoms with Crippen LogP contribution < -0.4 is 0 Å². The fourth-order valence-corrected chi connectivity index (χ4v) is 14.0. The van der Waals surface area contributed by atoms with Crippen LogP contribution in [0.15, 0.2) is 0 Å². The minimum absolute atomic E-state index is 0.00308. The third kappa shape index (κ3) is 5.11. The first-order chi connectivity index (χ1) is 22.2. The molecular formula is C40H68N2O5. The molecular weight excluding hydrogens is 588 g/mol. The molecule has 268 valence electrons. The molecule has 3 aliphatic heterocycles. The monoisotopic (exact) mass is 657 g/mol. The second-order valence-corrected chi connectivity index (χ2v) is 19.5. The van der Waals surface area contributed by atoms with Gasteiger partial charge in [0.25, 0.3) is 0 Å². The number of likely N-dealkylation sites (tertiary alicyclic amines) is 1. The lowest BCUT2D eigenvalue weighted by Crippen LogP contribution is -2.64. The number of rotatable bonds is 8. The van der Waals surface area contributed by atoms with Crippen molar-refractivity contribution in [2.75, 3.05) is 39.4 Å². The molecule has 2 spiro atoms. The van der Waals surface area contributed by atoms with Crippen molar-refractivity contribution in [3.05, 3.63) is 0 Å². The number of nitrogens with zero attached hydrogens (tertiary/aromatic N) is 2. The van der Waals surface area contributed by atoms with Crippen LogP contribution in [0.3, 0.4) is 0 Å². The van der Waals surface area contributed by atoms with E-state index in [1.54, 1.807) is 0 Å². The van der Waals surface area contributed by atoms with Gasteiger partial charge in [0.2, 0.25) is 0 Å². The summed E-state index contributed by atoms with van der Waals surface area (Å²) in [5.74, 6) is 3.03. The maximum absolute atomic E-state index is 11.0. The summed E-state index contributed by atoms with van der Waals surface area (Å²) in [6.07, 6.45) is 13.3. The predicted molar refractivity (Wildman–Crippen MR) is 184 cm³/mol. The molecule has 8 rings (SSSR count). The number of hydrogen-bond acceptors (Lipinski definition) is 7. The van der Waals surface area contributed by atoms with Gasteiger partial charge in [-0.3, -0.25) is 9.80 Å². The van der Waals surface area contributed by atoms with Gasteiger partial charge < -0.3 is 24.1 Å². The molecule has 5 aliphatic carbocycles. The van der Waals surface area contributed by atoms with Crippen LogP contribution in [-0.2, 0) is 18.9 Å². The Hall–Kier alpha value is -0.280. The molecule has 0 radical (unpaired) electrons. The Bertz CT molecular complexity index is 1170. The first-order valence-corrected chi connectivity index (χ1v) is 20.0. The number of ether oxygens (including phenoxy) is 4. The first kappa shape index (κ1) is 33.8. The Balaban J connectivity index is 0.937. The summed E-state index contributed by atoms with van der Waals surface area (Å²) in [4.78, 5) is 5.23. The standard InChI is InChI=1S/C40H68N2O5/c1-9-44-35(37(6,7)43)30-12-10-28-31(46-30)20-29-27-11-13-32-36(4,5)33(14-15-40(32)24-39(27,40)17-16-38(28,29)8)47-34-23-41(18-19-45-34)26-21-42(22-26)25(2)3/h25-35,43H,9-24H2,1-8H3. The molecule has 0 amide bonds. The zero-order chi connectivity index (χ0) is 33.1. The number of aliphatic hydroxyl groups is 1. The van der Waals surface area contributed by atoms with Crippen molar-refractivity contribution in [3.63, 3.8) is 0 Å².